The summed E-state index contributed by atoms with van der Waals surface area (Å²) in [6.45, 7) is 0.501. The van der Waals surface area contributed by atoms with Crippen LogP contribution < -0.4 is 16.4 Å². The molecule has 0 bridgehead atoms. The minimum Gasteiger partial charge on any atom is -0.376 e. The number of nitrogens with two attached hydrogens (primary N) is 1. The van der Waals surface area contributed by atoms with Gasteiger partial charge in [-0.25, -0.2) is 0 Å². The average molecular weight is 476 g/mol. The molecule has 4 rings (SSSR count). The lowest BCUT2D eigenvalue weighted by molar-refractivity contribution is -0.137. The molecule has 1 aliphatic heterocycles. The van der Waals surface area contributed by atoms with Gasteiger partial charge >= 0.3 is 0 Å². The SMILES string of the molecule is N=C(C(N)=O)c1ccccc1NCC(=O)N1CCC[C@H]1C(=O)NC1CCCC(c2ccccc2)C1. The second-order valence-corrected chi connectivity index (χ2v) is 9.36. The number of primary amides is 1. The number of nitrogens with one attached hydrogen (secondary N) is 3. The second-order valence-electron chi connectivity index (χ2n) is 9.36. The summed E-state index contributed by atoms with van der Waals surface area (Å²) in [5.41, 5.74) is 7.08. The molecule has 2 fully saturated rings. The van der Waals surface area contributed by atoms with Crippen LogP contribution in [0, 0.1) is 5.41 Å². The third-order valence-electron chi connectivity index (χ3n) is 7.04. The molecule has 1 saturated heterocycles. The molecule has 184 valence electrons. The summed E-state index contributed by atoms with van der Waals surface area (Å²) in [7, 11) is 0. The van der Waals surface area contributed by atoms with E-state index in [1.807, 2.05) is 6.07 Å². The van der Waals surface area contributed by atoms with Gasteiger partial charge in [0.1, 0.15) is 11.8 Å². The fourth-order valence-corrected chi connectivity index (χ4v) is 5.24. The smallest absolute Gasteiger partial charge is 0.267 e. The summed E-state index contributed by atoms with van der Waals surface area (Å²) in [6.07, 6.45) is 5.51. The van der Waals surface area contributed by atoms with Crippen LogP contribution in [0.3, 0.4) is 0 Å². The van der Waals surface area contributed by atoms with Gasteiger partial charge in [0.2, 0.25) is 11.8 Å². The average Bonchev–Trinajstić information content (AvgIpc) is 3.38. The first-order valence-corrected chi connectivity index (χ1v) is 12.3. The lowest BCUT2D eigenvalue weighted by Gasteiger charge is -2.32. The molecular weight excluding hydrogens is 442 g/mol. The highest BCUT2D eigenvalue weighted by Crippen LogP contribution is 2.33. The zero-order valence-corrected chi connectivity index (χ0v) is 19.8. The van der Waals surface area contributed by atoms with E-state index in [2.05, 4.69) is 34.9 Å². The van der Waals surface area contributed by atoms with Gasteiger partial charge in [0.25, 0.3) is 5.91 Å². The Morgan fingerprint density at radius 3 is 2.49 bits per heavy atom. The number of carbonyl (C=O) groups excluding carboxylic acids is 3. The Kier molecular flexibility index (Phi) is 7.80. The van der Waals surface area contributed by atoms with Gasteiger partial charge in [-0.15, -0.1) is 0 Å². The van der Waals surface area contributed by atoms with E-state index in [1.54, 1.807) is 29.2 Å². The van der Waals surface area contributed by atoms with Crippen molar-refractivity contribution in [2.75, 3.05) is 18.4 Å². The number of hydrogen-bond acceptors (Lipinski definition) is 5. The van der Waals surface area contributed by atoms with E-state index < -0.39 is 11.9 Å². The monoisotopic (exact) mass is 475 g/mol. The molecule has 2 unspecified atom stereocenters. The topological polar surface area (TPSA) is 128 Å². The van der Waals surface area contributed by atoms with E-state index in [0.717, 1.165) is 32.1 Å². The quantitative estimate of drug-likeness (QED) is 0.438. The summed E-state index contributed by atoms with van der Waals surface area (Å²) < 4.78 is 0. The van der Waals surface area contributed by atoms with Crippen molar-refractivity contribution < 1.29 is 14.4 Å². The van der Waals surface area contributed by atoms with E-state index in [1.165, 1.54) is 5.56 Å². The number of likely N-dealkylation sites (tertiary alicyclic amines) is 1. The lowest BCUT2D eigenvalue weighted by Crippen LogP contribution is -2.50. The molecule has 0 aromatic heterocycles. The number of anilines is 1. The predicted octanol–water partition coefficient (Wildman–Crippen LogP) is 2.79. The summed E-state index contributed by atoms with van der Waals surface area (Å²) in [5.74, 6) is -0.654. The highest BCUT2D eigenvalue weighted by Gasteiger charge is 2.35. The van der Waals surface area contributed by atoms with Gasteiger partial charge in [0.05, 0.1) is 6.54 Å². The highest BCUT2D eigenvalue weighted by atomic mass is 16.2. The normalized spacial score (nSPS) is 21.8. The molecule has 8 nitrogen and oxygen atoms in total. The summed E-state index contributed by atoms with van der Waals surface area (Å²) in [5, 5.41) is 14.1. The van der Waals surface area contributed by atoms with E-state index in [4.69, 9.17) is 11.1 Å². The maximum absolute atomic E-state index is 13.2. The molecule has 2 aromatic carbocycles. The molecule has 1 heterocycles. The van der Waals surface area contributed by atoms with Crippen LogP contribution in [-0.2, 0) is 14.4 Å². The van der Waals surface area contributed by atoms with Gasteiger partial charge in [-0.2, -0.15) is 0 Å². The third kappa shape index (κ3) is 5.88. The summed E-state index contributed by atoms with van der Waals surface area (Å²) >= 11 is 0. The highest BCUT2D eigenvalue weighted by molar-refractivity contribution is 6.44. The zero-order chi connectivity index (χ0) is 24.8. The molecule has 1 aliphatic carbocycles. The first-order chi connectivity index (χ1) is 16.9. The van der Waals surface area contributed by atoms with Crippen molar-refractivity contribution in [1.82, 2.24) is 10.2 Å². The molecule has 0 radical (unpaired) electrons. The first-order valence-electron chi connectivity index (χ1n) is 12.3. The van der Waals surface area contributed by atoms with Crippen LogP contribution in [0.15, 0.2) is 54.6 Å². The second kappa shape index (κ2) is 11.2. The van der Waals surface area contributed by atoms with Crippen LogP contribution in [-0.4, -0.2) is 53.5 Å². The zero-order valence-electron chi connectivity index (χ0n) is 19.8. The van der Waals surface area contributed by atoms with Gasteiger partial charge in [-0.05, 0) is 49.7 Å². The van der Waals surface area contributed by atoms with E-state index in [0.29, 0.717) is 30.1 Å². The van der Waals surface area contributed by atoms with Crippen molar-refractivity contribution in [1.29, 1.82) is 5.41 Å². The van der Waals surface area contributed by atoms with E-state index in [9.17, 15) is 14.4 Å². The number of para-hydroxylation sites is 1. The van der Waals surface area contributed by atoms with Crippen molar-refractivity contribution in [3.05, 3.63) is 65.7 Å². The summed E-state index contributed by atoms with van der Waals surface area (Å²) in [6, 6.07) is 16.9. The van der Waals surface area contributed by atoms with Gasteiger partial charge in [0.15, 0.2) is 0 Å². The largest absolute Gasteiger partial charge is 0.376 e. The van der Waals surface area contributed by atoms with Crippen LogP contribution in [0.4, 0.5) is 5.69 Å². The number of benzene rings is 2. The van der Waals surface area contributed by atoms with Crippen LogP contribution >= 0.6 is 0 Å². The van der Waals surface area contributed by atoms with Crippen molar-refractivity contribution in [2.24, 2.45) is 5.73 Å². The van der Waals surface area contributed by atoms with Crippen LogP contribution in [0.5, 0.6) is 0 Å². The predicted molar refractivity (Wildman–Crippen MR) is 135 cm³/mol. The maximum atomic E-state index is 13.2. The molecule has 1 saturated carbocycles. The van der Waals surface area contributed by atoms with Gasteiger partial charge in [0, 0.05) is 23.8 Å². The van der Waals surface area contributed by atoms with Crippen molar-refractivity contribution >= 4 is 29.1 Å². The molecule has 0 spiro atoms. The van der Waals surface area contributed by atoms with Crippen molar-refractivity contribution in [2.45, 2.75) is 56.5 Å². The lowest BCUT2D eigenvalue weighted by atomic mass is 9.81. The van der Waals surface area contributed by atoms with Gasteiger partial charge < -0.3 is 21.3 Å². The Hall–Kier alpha value is -3.68. The van der Waals surface area contributed by atoms with Gasteiger partial charge in [-0.3, -0.25) is 19.8 Å². The van der Waals surface area contributed by atoms with Crippen LogP contribution in [0.1, 0.15) is 55.6 Å². The van der Waals surface area contributed by atoms with Crippen LogP contribution in [0.2, 0.25) is 0 Å². The van der Waals surface area contributed by atoms with Crippen LogP contribution in [0.25, 0.3) is 0 Å². The Labute approximate surface area is 205 Å². The summed E-state index contributed by atoms with van der Waals surface area (Å²) in [4.78, 5) is 39.2. The Morgan fingerprint density at radius 2 is 1.71 bits per heavy atom. The Bertz CT molecular complexity index is 1090. The Morgan fingerprint density at radius 1 is 0.971 bits per heavy atom. The fraction of sp³-hybridized carbons (Fsp3) is 0.407. The number of hydrogen-bond donors (Lipinski definition) is 4. The number of nitrogens with zero attached hydrogens (tertiary/aromatic N) is 1. The number of rotatable bonds is 8. The molecule has 8 heteroatoms. The molecule has 35 heavy (non-hydrogen) atoms. The molecule has 2 aromatic rings. The standard InChI is InChI=1S/C27H33N5O3/c28-25(26(29)34)21-12-4-5-13-22(21)30-17-24(33)32-15-7-14-23(32)27(35)31-20-11-6-10-19(16-20)18-8-2-1-3-9-18/h1-5,8-9,12-13,19-20,23,28,30H,6-7,10-11,14-17H2,(H2,29,34)(H,31,35)/t19?,20?,23-/m0/s1. The minimum absolute atomic E-state index is 0.0354. The van der Waals surface area contributed by atoms with Crippen molar-refractivity contribution in [3.63, 3.8) is 0 Å². The number of amides is 3. The molecule has 3 amide bonds. The molecule has 3 atom stereocenters. The third-order valence-corrected chi connectivity index (χ3v) is 7.04. The minimum atomic E-state index is -0.834. The first kappa shape index (κ1) is 24.4. The van der Waals surface area contributed by atoms with Gasteiger partial charge in [-0.1, -0.05) is 55.0 Å². The van der Waals surface area contributed by atoms with E-state index in [-0.39, 0.29) is 30.1 Å². The van der Waals surface area contributed by atoms with Crippen molar-refractivity contribution in [3.8, 4) is 0 Å². The number of carbonyl (C=O) groups is 3. The molecule has 5 N–H and O–H groups in total. The fourth-order valence-electron chi connectivity index (χ4n) is 5.24. The van der Waals surface area contributed by atoms with E-state index >= 15 is 0 Å². The maximum Gasteiger partial charge on any atom is 0.267 e. The molecule has 2 aliphatic rings. The molecular formula is C27H33N5O3. The Balaban J connectivity index is 1.34.